The molecule has 0 bridgehead atoms. The van der Waals surface area contributed by atoms with E-state index in [9.17, 15) is 8.42 Å². The number of hydrogen-bond donors (Lipinski definition) is 0. The van der Waals surface area contributed by atoms with E-state index in [-0.39, 0.29) is 0 Å². The molecule has 1 aliphatic heterocycles. The van der Waals surface area contributed by atoms with E-state index in [1.54, 1.807) is 23.1 Å². The summed E-state index contributed by atoms with van der Waals surface area (Å²) in [7, 11) is -3.12. The fraction of sp³-hybridized carbons (Fsp3) is 0.545. The molecule has 1 atom stereocenters. The smallest absolute Gasteiger partial charge is 0.195 e. The topological polar surface area (TPSA) is 54.7 Å². The number of aromatic nitrogens is 2. The fourth-order valence-corrected chi connectivity index (χ4v) is 6.42. The third kappa shape index (κ3) is 2.49. The number of fused-ring (bicyclic) bond motifs is 1. The van der Waals surface area contributed by atoms with Gasteiger partial charge < -0.3 is 4.90 Å². The second-order valence-electron chi connectivity index (χ2n) is 4.62. The Morgan fingerprint density at radius 3 is 3.05 bits per heavy atom. The number of halogens is 1. The highest BCUT2D eigenvalue weighted by molar-refractivity contribution is 9.08. The molecule has 1 unspecified atom stereocenters. The second-order valence-corrected chi connectivity index (χ2v) is 9.41. The maximum atomic E-state index is 12.0. The highest BCUT2D eigenvalue weighted by atomic mass is 79.9. The monoisotopic (exact) mass is 395 g/mol. The Balaban J connectivity index is 2.10. The van der Waals surface area contributed by atoms with Crippen LogP contribution in [0.15, 0.2) is 11.6 Å². The molecular formula is C11H14BrN3O2S3. The Morgan fingerprint density at radius 2 is 2.35 bits per heavy atom. The molecule has 1 fully saturated rings. The lowest BCUT2D eigenvalue weighted by Crippen LogP contribution is -2.47. The van der Waals surface area contributed by atoms with Gasteiger partial charge in [0.25, 0.3) is 0 Å². The molecule has 20 heavy (non-hydrogen) atoms. The molecule has 0 N–H and O–H groups in total. The van der Waals surface area contributed by atoms with Gasteiger partial charge in [-0.3, -0.25) is 4.40 Å². The number of rotatable bonds is 3. The Kier molecular flexibility index (Phi) is 4.04. The predicted molar refractivity (Wildman–Crippen MR) is 89.0 cm³/mol. The van der Waals surface area contributed by atoms with Crippen LogP contribution in [0.5, 0.6) is 0 Å². The molecule has 1 saturated heterocycles. The molecule has 0 amide bonds. The lowest BCUT2D eigenvalue weighted by molar-refractivity contribution is 0.583. The van der Waals surface area contributed by atoms with Gasteiger partial charge >= 0.3 is 0 Å². The van der Waals surface area contributed by atoms with Crippen LogP contribution < -0.4 is 4.90 Å². The van der Waals surface area contributed by atoms with E-state index in [0.717, 1.165) is 22.2 Å². The number of alkyl halides is 1. The van der Waals surface area contributed by atoms with Crippen molar-refractivity contribution >= 4 is 59.6 Å². The molecule has 0 aromatic carbocycles. The van der Waals surface area contributed by atoms with Crippen molar-refractivity contribution in [2.75, 3.05) is 29.2 Å². The number of anilines is 1. The van der Waals surface area contributed by atoms with Gasteiger partial charge in [0.05, 0.1) is 5.69 Å². The number of nitrogens with zero attached hydrogens (tertiary/aromatic N) is 3. The first kappa shape index (κ1) is 14.7. The van der Waals surface area contributed by atoms with Crippen LogP contribution in [0.3, 0.4) is 0 Å². The van der Waals surface area contributed by atoms with Crippen LogP contribution in [0.2, 0.25) is 0 Å². The Bertz CT molecular complexity index is 724. The normalized spacial score (nSPS) is 20.7. The van der Waals surface area contributed by atoms with Crippen molar-refractivity contribution in [3.63, 3.8) is 0 Å². The number of imidazole rings is 1. The summed E-state index contributed by atoms with van der Waals surface area (Å²) in [6.45, 7) is 0.716. The molecule has 9 heteroatoms. The van der Waals surface area contributed by atoms with Gasteiger partial charge in [0.2, 0.25) is 0 Å². The van der Waals surface area contributed by atoms with E-state index in [1.807, 2.05) is 20.9 Å². The Hall–Kier alpha value is -0.250. The van der Waals surface area contributed by atoms with Gasteiger partial charge in [-0.05, 0) is 0 Å². The van der Waals surface area contributed by atoms with Gasteiger partial charge in [-0.2, -0.15) is 11.8 Å². The first-order valence-corrected chi connectivity index (χ1v) is 11.2. The lowest BCUT2D eigenvalue weighted by atomic mass is 10.4. The van der Waals surface area contributed by atoms with E-state index in [0.29, 0.717) is 17.6 Å². The highest BCUT2D eigenvalue weighted by Gasteiger charge is 2.34. The number of thioether (sulfide) groups is 1. The van der Waals surface area contributed by atoms with Gasteiger partial charge in [-0.1, -0.05) is 15.9 Å². The van der Waals surface area contributed by atoms with E-state index in [4.69, 9.17) is 0 Å². The summed E-state index contributed by atoms with van der Waals surface area (Å²) >= 11 is 6.74. The zero-order valence-corrected chi connectivity index (χ0v) is 14.9. The van der Waals surface area contributed by atoms with Gasteiger partial charge in [-0.25, -0.2) is 13.4 Å². The maximum Gasteiger partial charge on any atom is 0.195 e. The largest absolute Gasteiger partial charge is 0.337 e. The second kappa shape index (κ2) is 5.51. The lowest BCUT2D eigenvalue weighted by Gasteiger charge is -2.34. The number of thiazole rings is 1. The molecule has 2 aromatic rings. The van der Waals surface area contributed by atoms with Gasteiger partial charge in [0.15, 0.2) is 20.6 Å². The summed E-state index contributed by atoms with van der Waals surface area (Å²) in [6, 6.07) is 0. The van der Waals surface area contributed by atoms with Gasteiger partial charge in [-0.15, -0.1) is 11.3 Å². The van der Waals surface area contributed by atoms with Crippen molar-refractivity contribution in [1.82, 2.24) is 9.38 Å². The number of sulfone groups is 1. The van der Waals surface area contributed by atoms with E-state index in [2.05, 4.69) is 20.9 Å². The Morgan fingerprint density at radius 1 is 1.55 bits per heavy atom. The van der Waals surface area contributed by atoms with Gasteiger partial charge in [0.1, 0.15) is 5.37 Å². The van der Waals surface area contributed by atoms with E-state index >= 15 is 0 Å². The molecule has 1 aliphatic rings. The van der Waals surface area contributed by atoms with Crippen molar-refractivity contribution in [3.05, 3.63) is 17.3 Å². The van der Waals surface area contributed by atoms with E-state index in [1.165, 1.54) is 6.26 Å². The third-order valence-corrected chi connectivity index (χ3v) is 7.25. The summed E-state index contributed by atoms with van der Waals surface area (Å²) < 4.78 is 26.1. The summed E-state index contributed by atoms with van der Waals surface area (Å²) in [5.41, 5.74) is 1.02. The summed E-state index contributed by atoms with van der Waals surface area (Å²) in [5, 5.41) is 2.15. The molecule has 3 heterocycles. The fourth-order valence-electron chi connectivity index (χ4n) is 2.35. The highest BCUT2D eigenvalue weighted by Crippen LogP contribution is 2.32. The van der Waals surface area contributed by atoms with E-state index < -0.39 is 15.2 Å². The number of hydrogen-bond acceptors (Lipinski definition) is 6. The standard InChI is InChI=1S/C11H14BrN3O2S3/c1-20(16,17)9-7-18-4-2-15(9)10-8(6-12)14-3-5-19-11(14)13-10/h3,5,9H,2,4,6-7H2,1H3. The average Bonchev–Trinajstić information content (AvgIpc) is 2.97. The quantitative estimate of drug-likeness (QED) is 0.745. The third-order valence-electron chi connectivity index (χ3n) is 3.32. The van der Waals surface area contributed by atoms with Crippen LogP contribution in [0.25, 0.3) is 4.96 Å². The molecular weight excluding hydrogens is 382 g/mol. The molecule has 110 valence electrons. The van der Waals surface area contributed by atoms with Gasteiger partial charge in [0, 0.05) is 41.2 Å². The average molecular weight is 396 g/mol. The SMILES string of the molecule is CS(=O)(=O)C1CSCCN1c1nc2sccn2c1CBr. The molecule has 0 saturated carbocycles. The maximum absolute atomic E-state index is 12.0. The molecule has 5 nitrogen and oxygen atoms in total. The molecule has 0 radical (unpaired) electrons. The van der Waals surface area contributed by atoms with Crippen LogP contribution in [-0.2, 0) is 15.2 Å². The summed E-state index contributed by atoms with van der Waals surface area (Å²) in [5.74, 6) is 2.33. The molecule has 3 rings (SSSR count). The minimum absolute atomic E-state index is 0.483. The first-order chi connectivity index (χ1) is 9.52. The molecule has 0 spiro atoms. The zero-order chi connectivity index (χ0) is 14.3. The minimum atomic E-state index is -3.12. The first-order valence-electron chi connectivity index (χ1n) is 6.06. The minimum Gasteiger partial charge on any atom is -0.337 e. The molecule has 2 aromatic heterocycles. The van der Waals surface area contributed by atoms with Crippen LogP contribution in [0.1, 0.15) is 5.69 Å². The summed E-state index contributed by atoms with van der Waals surface area (Å²) in [6.07, 6.45) is 3.28. The summed E-state index contributed by atoms with van der Waals surface area (Å²) in [4.78, 5) is 7.48. The van der Waals surface area contributed by atoms with Crippen LogP contribution >= 0.6 is 39.0 Å². The van der Waals surface area contributed by atoms with Crippen molar-refractivity contribution in [1.29, 1.82) is 0 Å². The van der Waals surface area contributed by atoms with Crippen LogP contribution in [-0.4, -0.2) is 47.5 Å². The van der Waals surface area contributed by atoms with Crippen molar-refractivity contribution < 1.29 is 8.42 Å². The van der Waals surface area contributed by atoms with Crippen molar-refractivity contribution in [2.45, 2.75) is 10.7 Å². The molecule has 0 aliphatic carbocycles. The van der Waals surface area contributed by atoms with Crippen LogP contribution in [0.4, 0.5) is 5.82 Å². The van der Waals surface area contributed by atoms with Crippen molar-refractivity contribution in [2.24, 2.45) is 0 Å². The zero-order valence-electron chi connectivity index (χ0n) is 10.8. The van der Waals surface area contributed by atoms with Crippen molar-refractivity contribution in [3.8, 4) is 0 Å². The van der Waals surface area contributed by atoms with Crippen LogP contribution in [0, 0.1) is 0 Å². The Labute approximate surface area is 134 Å². The predicted octanol–water partition coefficient (Wildman–Crippen LogP) is 2.21.